The van der Waals surface area contributed by atoms with Gasteiger partial charge in [-0.05, 0) is 147 Å². The largest absolute Gasteiger partial charge is 2.00 e. The number of nitrogens with zero attached hydrogens (tertiary/aromatic N) is 9. The summed E-state index contributed by atoms with van der Waals surface area (Å²) in [4.78, 5) is 38.1. The fourth-order valence-electron chi connectivity index (χ4n) is 5.71. The molecule has 9 nitrogen and oxygen atoms in total. The summed E-state index contributed by atoms with van der Waals surface area (Å²) in [5.41, 5.74) is 14.2. The SMILES string of the molecule is Cc1ccnc(-c2cc(C#Cc3ccncc3)ccn2)c1.Cc1ccnc(-c2cc(C#Cc3ccncc3)ccn2)c1.Cc1ccnc(-c2cc(C#Cc3ccncc3)ccn2)c1.[Fe+2]. The molecule has 306 valence electrons. The Labute approximate surface area is 384 Å². The number of hydrogen-bond donors (Lipinski definition) is 0. The Morgan fingerprint density at radius 1 is 0.250 bits per heavy atom. The van der Waals surface area contributed by atoms with Gasteiger partial charge in [-0.3, -0.25) is 44.9 Å². The molecule has 0 amide bonds. The monoisotopic (exact) mass is 869 g/mol. The Morgan fingerprint density at radius 3 is 0.703 bits per heavy atom. The van der Waals surface area contributed by atoms with Gasteiger partial charge in [-0.2, -0.15) is 0 Å². The maximum absolute atomic E-state index is 4.37. The smallest absolute Gasteiger partial charge is 0.265 e. The van der Waals surface area contributed by atoms with E-state index in [2.05, 4.69) is 80.4 Å². The Kier molecular flexibility index (Phi) is 16.6. The van der Waals surface area contributed by atoms with Gasteiger partial charge in [0.15, 0.2) is 0 Å². The Bertz CT molecular complexity index is 2790. The van der Waals surface area contributed by atoms with E-state index < -0.39 is 0 Å². The van der Waals surface area contributed by atoms with Crippen molar-refractivity contribution >= 4 is 0 Å². The van der Waals surface area contributed by atoms with Gasteiger partial charge in [-0.15, -0.1) is 0 Å². The average Bonchev–Trinajstić information content (AvgIpc) is 3.34. The van der Waals surface area contributed by atoms with Crippen molar-refractivity contribution < 1.29 is 17.1 Å². The van der Waals surface area contributed by atoms with Crippen molar-refractivity contribution in [3.05, 3.63) is 234 Å². The fourth-order valence-corrected chi connectivity index (χ4v) is 5.71. The second-order valence-corrected chi connectivity index (χ2v) is 13.9. The van der Waals surface area contributed by atoms with E-state index in [-0.39, 0.29) is 17.1 Å². The third-order valence-corrected chi connectivity index (χ3v) is 8.91. The number of pyridine rings is 9. The topological polar surface area (TPSA) is 116 Å². The number of aryl methyl sites for hydroxylation is 3. The van der Waals surface area contributed by atoms with Crippen molar-refractivity contribution in [2.75, 3.05) is 0 Å². The Hall–Kier alpha value is -8.45. The van der Waals surface area contributed by atoms with Gasteiger partial charge in [0.05, 0.1) is 34.2 Å². The second kappa shape index (κ2) is 23.5. The molecule has 0 bridgehead atoms. The molecule has 9 aromatic rings. The molecule has 0 fully saturated rings. The molecule has 0 aliphatic heterocycles. The minimum absolute atomic E-state index is 0. The van der Waals surface area contributed by atoms with Crippen molar-refractivity contribution in [3.8, 4) is 69.7 Å². The summed E-state index contributed by atoms with van der Waals surface area (Å²) < 4.78 is 0. The summed E-state index contributed by atoms with van der Waals surface area (Å²) in [6.07, 6.45) is 21.1. The Balaban J connectivity index is 0.000000158. The van der Waals surface area contributed by atoms with E-state index in [1.54, 1.807) is 74.4 Å². The molecule has 10 heteroatoms. The van der Waals surface area contributed by atoms with E-state index in [1.165, 1.54) is 0 Å². The van der Waals surface area contributed by atoms with Crippen molar-refractivity contribution in [3.63, 3.8) is 0 Å². The molecule has 0 aromatic carbocycles. The van der Waals surface area contributed by atoms with E-state index in [4.69, 9.17) is 0 Å². The zero-order chi connectivity index (χ0) is 43.5. The van der Waals surface area contributed by atoms with Crippen molar-refractivity contribution in [1.82, 2.24) is 44.9 Å². The number of rotatable bonds is 3. The van der Waals surface area contributed by atoms with E-state index >= 15 is 0 Å². The molecule has 0 aliphatic rings. The van der Waals surface area contributed by atoms with Crippen molar-refractivity contribution in [1.29, 1.82) is 0 Å². The summed E-state index contributed by atoms with van der Waals surface area (Å²) in [6.45, 7) is 6.12. The predicted molar refractivity (Wildman–Crippen MR) is 247 cm³/mol. The zero-order valence-corrected chi connectivity index (χ0v) is 36.3. The molecular formula is C54H39FeN9+2. The summed E-state index contributed by atoms with van der Waals surface area (Å²) in [5.74, 6) is 18.8. The molecule has 0 aliphatic carbocycles. The third-order valence-electron chi connectivity index (χ3n) is 8.91. The van der Waals surface area contributed by atoms with Crippen LogP contribution in [0.15, 0.2) is 184 Å². The molecule has 9 rings (SSSR count). The van der Waals surface area contributed by atoms with Crippen LogP contribution in [0.5, 0.6) is 0 Å². The molecule has 0 saturated carbocycles. The van der Waals surface area contributed by atoms with Crippen LogP contribution in [0.25, 0.3) is 34.2 Å². The molecule has 0 radical (unpaired) electrons. The molecule has 9 aromatic heterocycles. The first-order chi connectivity index (χ1) is 30.9. The van der Waals surface area contributed by atoms with Crippen LogP contribution < -0.4 is 0 Å². The van der Waals surface area contributed by atoms with Crippen LogP contribution in [0, 0.1) is 56.3 Å². The van der Waals surface area contributed by atoms with Crippen LogP contribution in [0.2, 0.25) is 0 Å². The van der Waals surface area contributed by atoms with Crippen LogP contribution in [-0.2, 0) is 17.1 Å². The third kappa shape index (κ3) is 14.1. The average molecular weight is 870 g/mol. The maximum Gasteiger partial charge on any atom is 2.00 e. The maximum atomic E-state index is 4.37. The fraction of sp³-hybridized carbons (Fsp3) is 0.0556. The molecule has 0 unspecified atom stereocenters. The second-order valence-electron chi connectivity index (χ2n) is 13.9. The van der Waals surface area contributed by atoms with Crippen LogP contribution in [-0.4, -0.2) is 44.9 Å². The molecule has 9 heterocycles. The van der Waals surface area contributed by atoms with Crippen LogP contribution in [0.4, 0.5) is 0 Å². The molecular weight excluding hydrogens is 831 g/mol. The van der Waals surface area contributed by atoms with Gasteiger partial charge < -0.3 is 0 Å². The predicted octanol–water partition coefficient (Wildman–Crippen LogP) is 9.74. The summed E-state index contributed by atoms with van der Waals surface area (Å²) >= 11 is 0. The van der Waals surface area contributed by atoms with Crippen LogP contribution in [0.3, 0.4) is 0 Å². The molecule has 64 heavy (non-hydrogen) atoms. The minimum Gasteiger partial charge on any atom is -0.265 e. The van der Waals surface area contributed by atoms with E-state index in [1.807, 2.05) is 130 Å². The molecule has 0 saturated heterocycles. The first kappa shape index (κ1) is 45.1. The minimum atomic E-state index is 0. The Morgan fingerprint density at radius 2 is 0.453 bits per heavy atom. The molecule has 0 atom stereocenters. The first-order valence-electron chi connectivity index (χ1n) is 19.9. The van der Waals surface area contributed by atoms with Gasteiger partial charge in [0.25, 0.3) is 0 Å². The van der Waals surface area contributed by atoms with Crippen LogP contribution >= 0.6 is 0 Å². The summed E-state index contributed by atoms with van der Waals surface area (Å²) in [6, 6.07) is 34.8. The first-order valence-corrected chi connectivity index (χ1v) is 19.9. The standard InChI is InChI=1S/3C18H13N3.Fe/c3*1-14-4-10-20-17(12-14)18-13-16(7-11-21-18)3-2-15-5-8-19-9-6-15;/h3*4-13H,1H3;/q;;;+2. The zero-order valence-electron chi connectivity index (χ0n) is 35.2. The van der Waals surface area contributed by atoms with E-state index in [0.717, 1.165) is 84.2 Å². The van der Waals surface area contributed by atoms with Gasteiger partial charge >= 0.3 is 17.1 Å². The number of hydrogen-bond acceptors (Lipinski definition) is 9. The van der Waals surface area contributed by atoms with Crippen molar-refractivity contribution in [2.24, 2.45) is 0 Å². The van der Waals surface area contributed by atoms with E-state index in [9.17, 15) is 0 Å². The van der Waals surface area contributed by atoms with Gasteiger partial charge in [0.2, 0.25) is 0 Å². The van der Waals surface area contributed by atoms with Crippen LogP contribution in [0.1, 0.15) is 50.1 Å². The molecule has 0 N–H and O–H groups in total. The quantitative estimate of drug-likeness (QED) is 0.126. The van der Waals surface area contributed by atoms with Gasteiger partial charge in [-0.1, -0.05) is 35.5 Å². The number of aromatic nitrogens is 9. The van der Waals surface area contributed by atoms with Gasteiger partial charge in [0.1, 0.15) is 0 Å². The summed E-state index contributed by atoms with van der Waals surface area (Å²) in [5, 5.41) is 0. The van der Waals surface area contributed by atoms with Gasteiger partial charge in [-0.25, -0.2) is 0 Å². The molecule has 0 spiro atoms. The van der Waals surface area contributed by atoms with Crippen molar-refractivity contribution in [2.45, 2.75) is 20.8 Å². The normalized spacial score (nSPS) is 9.61. The summed E-state index contributed by atoms with van der Waals surface area (Å²) in [7, 11) is 0. The van der Waals surface area contributed by atoms with E-state index in [0.29, 0.717) is 0 Å². The van der Waals surface area contributed by atoms with Gasteiger partial charge in [0, 0.05) is 108 Å².